The van der Waals surface area contributed by atoms with Crippen LogP contribution in [0.15, 0.2) is 39.8 Å². The van der Waals surface area contributed by atoms with E-state index in [1.54, 1.807) is 7.11 Å². The molecule has 0 amide bonds. The van der Waals surface area contributed by atoms with Gasteiger partial charge in [0.25, 0.3) is 0 Å². The quantitative estimate of drug-likeness (QED) is 0.579. The number of ether oxygens (including phenoxy) is 1. The third kappa shape index (κ3) is 2.96. The number of benzene rings is 2. The highest BCUT2D eigenvalue weighted by molar-refractivity contribution is 9.10. The number of aryl methyl sites for hydroxylation is 2. The lowest BCUT2D eigenvalue weighted by atomic mass is 10.0. The molecule has 2 aromatic carbocycles. The normalized spacial score (nSPS) is 11.5. The number of aromatic nitrogens is 2. The standard InChI is InChI=1S/C19H20BrN3O/c1-5-23-13(3)19(12(2)22-23)21-11-17-16-8-7-15(20)10-14(16)6-9-18(17)24-4/h6-11H,5H2,1-4H3. The van der Waals surface area contributed by atoms with Gasteiger partial charge in [-0.1, -0.05) is 28.1 Å². The van der Waals surface area contributed by atoms with Gasteiger partial charge in [0.05, 0.1) is 18.5 Å². The first-order chi connectivity index (χ1) is 11.5. The number of methoxy groups -OCH3 is 1. The number of halogens is 1. The molecule has 5 heteroatoms. The van der Waals surface area contributed by atoms with Crippen molar-refractivity contribution in [1.29, 1.82) is 0 Å². The largest absolute Gasteiger partial charge is 0.496 e. The van der Waals surface area contributed by atoms with E-state index in [0.29, 0.717) is 0 Å². The topological polar surface area (TPSA) is 39.4 Å². The van der Waals surface area contributed by atoms with Crippen LogP contribution in [0, 0.1) is 13.8 Å². The predicted molar refractivity (Wildman–Crippen MR) is 103 cm³/mol. The molecule has 0 aliphatic heterocycles. The summed E-state index contributed by atoms with van der Waals surface area (Å²) in [6, 6.07) is 10.2. The van der Waals surface area contributed by atoms with Crippen molar-refractivity contribution in [3.05, 3.63) is 51.8 Å². The lowest BCUT2D eigenvalue weighted by Gasteiger charge is -2.09. The summed E-state index contributed by atoms with van der Waals surface area (Å²) in [5.74, 6) is 0.812. The minimum Gasteiger partial charge on any atom is -0.496 e. The zero-order valence-electron chi connectivity index (χ0n) is 14.3. The van der Waals surface area contributed by atoms with Crippen LogP contribution in [0.3, 0.4) is 0 Å². The van der Waals surface area contributed by atoms with Crippen LogP contribution in [0.5, 0.6) is 5.75 Å². The predicted octanol–water partition coefficient (Wildman–Crippen LogP) is 5.19. The monoisotopic (exact) mass is 385 g/mol. The first-order valence-corrected chi connectivity index (χ1v) is 8.68. The minimum atomic E-state index is 0.812. The number of nitrogens with zero attached hydrogens (tertiary/aromatic N) is 3. The van der Waals surface area contributed by atoms with E-state index >= 15 is 0 Å². The number of rotatable bonds is 4. The Morgan fingerprint density at radius 2 is 2.04 bits per heavy atom. The van der Waals surface area contributed by atoms with Crippen molar-refractivity contribution in [2.75, 3.05) is 7.11 Å². The summed E-state index contributed by atoms with van der Waals surface area (Å²) in [5, 5.41) is 6.78. The van der Waals surface area contributed by atoms with Crippen molar-refractivity contribution < 1.29 is 4.74 Å². The molecule has 3 rings (SSSR count). The summed E-state index contributed by atoms with van der Waals surface area (Å²) in [6.45, 7) is 6.96. The molecule has 3 aromatic rings. The van der Waals surface area contributed by atoms with Crippen molar-refractivity contribution in [2.45, 2.75) is 27.3 Å². The lowest BCUT2D eigenvalue weighted by Crippen LogP contribution is -1.98. The minimum absolute atomic E-state index is 0.812. The molecule has 0 N–H and O–H groups in total. The average Bonchev–Trinajstić information content (AvgIpc) is 2.86. The van der Waals surface area contributed by atoms with Crippen molar-refractivity contribution in [3.8, 4) is 5.75 Å². The van der Waals surface area contributed by atoms with Gasteiger partial charge in [-0.15, -0.1) is 0 Å². The Morgan fingerprint density at radius 3 is 2.71 bits per heavy atom. The van der Waals surface area contributed by atoms with E-state index in [1.165, 1.54) is 0 Å². The van der Waals surface area contributed by atoms with Crippen LogP contribution in [0.2, 0.25) is 0 Å². The van der Waals surface area contributed by atoms with E-state index in [0.717, 1.165) is 50.2 Å². The number of aliphatic imine (C=N–C) groups is 1. The molecule has 0 unspecified atom stereocenters. The molecule has 0 atom stereocenters. The van der Waals surface area contributed by atoms with E-state index in [4.69, 9.17) is 9.73 Å². The maximum Gasteiger partial charge on any atom is 0.128 e. The number of hydrogen-bond acceptors (Lipinski definition) is 3. The highest BCUT2D eigenvalue weighted by Gasteiger charge is 2.11. The molecule has 124 valence electrons. The van der Waals surface area contributed by atoms with Crippen LogP contribution in [0.4, 0.5) is 5.69 Å². The molecular formula is C19H20BrN3O. The molecule has 4 nitrogen and oxygen atoms in total. The molecule has 1 aromatic heterocycles. The molecule has 0 aliphatic rings. The van der Waals surface area contributed by atoms with E-state index in [-0.39, 0.29) is 0 Å². The first kappa shape index (κ1) is 16.7. The van der Waals surface area contributed by atoms with Gasteiger partial charge in [0.1, 0.15) is 11.4 Å². The molecule has 0 fully saturated rings. The van der Waals surface area contributed by atoms with Crippen molar-refractivity contribution in [3.63, 3.8) is 0 Å². The fourth-order valence-corrected chi connectivity index (χ4v) is 3.31. The van der Waals surface area contributed by atoms with Gasteiger partial charge in [-0.3, -0.25) is 9.67 Å². The third-order valence-corrected chi connectivity index (χ3v) is 4.66. The summed E-state index contributed by atoms with van der Waals surface area (Å²) in [5.41, 5.74) is 3.92. The van der Waals surface area contributed by atoms with Crippen LogP contribution in [0.1, 0.15) is 23.9 Å². The first-order valence-electron chi connectivity index (χ1n) is 7.89. The van der Waals surface area contributed by atoms with Crippen LogP contribution in [0.25, 0.3) is 10.8 Å². The summed E-state index contributed by atoms with van der Waals surface area (Å²) in [4.78, 5) is 4.73. The Bertz CT molecular complexity index is 928. The molecule has 0 saturated heterocycles. The van der Waals surface area contributed by atoms with Crippen LogP contribution < -0.4 is 4.74 Å². The van der Waals surface area contributed by atoms with E-state index in [9.17, 15) is 0 Å². The SMILES string of the molecule is CCn1nc(C)c(N=Cc2c(OC)ccc3cc(Br)ccc23)c1C. The van der Waals surface area contributed by atoms with Crippen molar-refractivity contribution >= 4 is 38.6 Å². The van der Waals surface area contributed by atoms with Gasteiger partial charge in [-0.25, -0.2) is 0 Å². The number of hydrogen-bond donors (Lipinski definition) is 0. The Hall–Kier alpha value is -2.14. The third-order valence-electron chi connectivity index (χ3n) is 4.17. The van der Waals surface area contributed by atoms with Crippen LogP contribution >= 0.6 is 15.9 Å². The second-order valence-corrected chi connectivity index (χ2v) is 6.56. The fraction of sp³-hybridized carbons (Fsp3) is 0.263. The second-order valence-electron chi connectivity index (χ2n) is 5.64. The van der Waals surface area contributed by atoms with Gasteiger partial charge in [0.2, 0.25) is 0 Å². The smallest absolute Gasteiger partial charge is 0.128 e. The highest BCUT2D eigenvalue weighted by Crippen LogP contribution is 2.30. The van der Waals surface area contributed by atoms with Gasteiger partial charge in [0.15, 0.2) is 0 Å². The molecule has 0 radical (unpaired) electrons. The summed E-state index contributed by atoms with van der Waals surface area (Å²) < 4.78 is 8.56. The molecule has 0 bridgehead atoms. The molecular weight excluding hydrogens is 366 g/mol. The highest BCUT2D eigenvalue weighted by atomic mass is 79.9. The zero-order valence-corrected chi connectivity index (χ0v) is 15.9. The van der Waals surface area contributed by atoms with Crippen LogP contribution in [-0.2, 0) is 6.54 Å². The van der Waals surface area contributed by atoms with Crippen molar-refractivity contribution in [1.82, 2.24) is 9.78 Å². The van der Waals surface area contributed by atoms with Gasteiger partial charge >= 0.3 is 0 Å². The van der Waals surface area contributed by atoms with Crippen LogP contribution in [-0.4, -0.2) is 23.1 Å². The Balaban J connectivity index is 2.14. The van der Waals surface area contributed by atoms with Gasteiger partial charge in [-0.05, 0) is 49.7 Å². The number of fused-ring (bicyclic) bond motifs is 1. The van der Waals surface area contributed by atoms with E-state index < -0.39 is 0 Å². The molecule has 24 heavy (non-hydrogen) atoms. The summed E-state index contributed by atoms with van der Waals surface area (Å²) in [7, 11) is 1.68. The second kappa shape index (κ2) is 6.77. The molecule has 1 heterocycles. The van der Waals surface area contributed by atoms with Gasteiger partial charge in [-0.2, -0.15) is 5.10 Å². The summed E-state index contributed by atoms with van der Waals surface area (Å²) >= 11 is 3.52. The lowest BCUT2D eigenvalue weighted by molar-refractivity contribution is 0.415. The average molecular weight is 386 g/mol. The maximum absolute atomic E-state index is 5.54. The van der Waals surface area contributed by atoms with Crippen molar-refractivity contribution in [2.24, 2.45) is 4.99 Å². The Morgan fingerprint density at radius 1 is 1.25 bits per heavy atom. The van der Waals surface area contributed by atoms with E-state index in [1.807, 2.05) is 36.9 Å². The van der Waals surface area contributed by atoms with E-state index in [2.05, 4.69) is 46.2 Å². The zero-order chi connectivity index (χ0) is 17.3. The summed E-state index contributed by atoms with van der Waals surface area (Å²) in [6.07, 6.45) is 1.88. The fourth-order valence-electron chi connectivity index (χ4n) is 2.93. The maximum atomic E-state index is 5.54. The Kier molecular flexibility index (Phi) is 4.71. The molecule has 0 aliphatic carbocycles. The Labute approximate surface area is 150 Å². The van der Waals surface area contributed by atoms with Gasteiger partial charge in [0, 0.05) is 22.8 Å². The van der Waals surface area contributed by atoms with Gasteiger partial charge < -0.3 is 4.74 Å². The molecule has 0 saturated carbocycles. The molecule has 0 spiro atoms.